The number of anilines is 2. The molecular weight excluding hydrogens is 504 g/mol. The van der Waals surface area contributed by atoms with Gasteiger partial charge in [0.25, 0.3) is 0 Å². The Balaban J connectivity index is 1.35. The van der Waals surface area contributed by atoms with Crippen molar-refractivity contribution in [2.75, 3.05) is 10.2 Å². The van der Waals surface area contributed by atoms with E-state index in [-0.39, 0.29) is 24.3 Å². The van der Waals surface area contributed by atoms with Crippen LogP contribution in [0.15, 0.2) is 30.6 Å². The second-order valence-electron chi connectivity index (χ2n) is 10.3. The first-order chi connectivity index (χ1) is 18.1. The number of aliphatic hydroxyl groups is 3. The van der Waals surface area contributed by atoms with Crippen molar-refractivity contribution in [2.45, 2.75) is 95.2 Å². The Bertz CT molecular complexity index is 1100. The van der Waals surface area contributed by atoms with Crippen molar-refractivity contribution in [1.29, 1.82) is 0 Å². The van der Waals surface area contributed by atoms with Gasteiger partial charge in [0.2, 0.25) is 5.88 Å². The maximum atomic E-state index is 12.4. The first kappa shape index (κ1) is 26.8. The summed E-state index contributed by atoms with van der Waals surface area (Å²) in [6.45, 7) is 0.734. The molecule has 1 aromatic heterocycles. The van der Waals surface area contributed by atoms with Crippen LogP contribution in [-0.2, 0) is 11.3 Å². The third kappa shape index (κ3) is 5.61. The number of alkyl halides is 2. The number of nitrogens with zero attached hydrogens (tertiary/aromatic N) is 3. The zero-order valence-electron chi connectivity index (χ0n) is 21.1. The third-order valence-electron chi connectivity index (χ3n) is 7.33. The predicted octanol–water partition coefficient (Wildman–Crippen LogP) is 1.92. The van der Waals surface area contributed by atoms with Crippen LogP contribution in [0.1, 0.15) is 45.1 Å². The fraction of sp³-hybridized carbons (Fsp3) is 0.600. The van der Waals surface area contributed by atoms with Crippen LogP contribution < -0.4 is 25.0 Å². The lowest BCUT2D eigenvalue weighted by molar-refractivity contribution is -0.0498. The molecule has 38 heavy (non-hydrogen) atoms. The van der Waals surface area contributed by atoms with Gasteiger partial charge in [0.15, 0.2) is 18.3 Å². The molecule has 1 saturated carbocycles. The van der Waals surface area contributed by atoms with E-state index >= 15 is 0 Å². The molecule has 2 aliphatic heterocycles. The Hall–Kier alpha value is -2.84. The lowest BCUT2D eigenvalue weighted by atomic mass is 9.84. The van der Waals surface area contributed by atoms with E-state index in [9.17, 15) is 24.1 Å². The van der Waals surface area contributed by atoms with Crippen LogP contribution >= 0.6 is 0 Å². The van der Waals surface area contributed by atoms with E-state index in [4.69, 9.17) is 9.47 Å². The van der Waals surface area contributed by atoms with Crippen molar-refractivity contribution >= 4 is 11.5 Å². The zero-order chi connectivity index (χ0) is 27.0. The highest BCUT2D eigenvalue weighted by atomic mass is 19.3. The minimum absolute atomic E-state index is 0.0497. The Morgan fingerprint density at radius 1 is 1.18 bits per heavy atom. The number of aromatic nitrogens is 2. The molecule has 0 spiro atoms. The fourth-order valence-corrected chi connectivity index (χ4v) is 5.12. The van der Waals surface area contributed by atoms with E-state index in [0.29, 0.717) is 29.9 Å². The highest BCUT2D eigenvalue weighted by Gasteiger charge is 2.49. The van der Waals surface area contributed by atoms with E-state index in [0.717, 1.165) is 12.8 Å². The molecule has 5 N–H and O–H groups in total. The van der Waals surface area contributed by atoms with E-state index in [1.165, 1.54) is 18.5 Å². The Labute approximate surface area is 218 Å². The van der Waals surface area contributed by atoms with Gasteiger partial charge < -0.3 is 34.8 Å². The van der Waals surface area contributed by atoms with Crippen LogP contribution in [0.4, 0.5) is 20.3 Å². The van der Waals surface area contributed by atoms with Gasteiger partial charge in [-0.2, -0.15) is 13.8 Å². The molecule has 2 aromatic rings. The molecule has 1 saturated heterocycles. The molecule has 5 rings (SSSR count). The summed E-state index contributed by atoms with van der Waals surface area (Å²) in [5, 5.41) is 38.4. The summed E-state index contributed by atoms with van der Waals surface area (Å²) >= 11 is 0. The molecule has 1 unspecified atom stereocenters. The molecule has 0 bridgehead atoms. The smallest absolute Gasteiger partial charge is 0.387 e. The molecule has 3 heterocycles. The van der Waals surface area contributed by atoms with Gasteiger partial charge in [-0.15, -0.1) is 0 Å². The van der Waals surface area contributed by atoms with Gasteiger partial charge in [-0.1, -0.05) is 12.1 Å². The summed E-state index contributed by atoms with van der Waals surface area (Å²) in [4.78, 5) is 10.4. The number of hydrogen-bond acceptors (Lipinski definition) is 11. The highest BCUT2D eigenvalue weighted by molar-refractivity contribution is 5.76. The Morgan fingerprint density at radius 2 is 1.89 bits per heavy atom. The number of rotatable bonds is 8. The van der Waals surface area contributed by atoms with E-state index in [1.807, 2.05) is 6.92 Å². The highest BCUT2D eigenvalue weighted by Crippen LogP contribution is 2.42. The molecule has 0 radical (unpaired) electrons. The number of halogens is 2. The Morgan fingerprint density at radius 3 is 2.53 bits per heavy atom. The largest absolute Gasteiger partial charge is 0.471 e. The molecular formula is C25H33F2N5O6. The van der Waals surface area contributed by atoms with Crippen molar-refractivity contribution in [2.24, 2.45) is 0 Å². The molecule has 208 valence electrons. The number of hydrogen-bond donors (Lipinski definition) is 5. The van der Waals surface area contributed by atoms with Crippen LogP contribution in [-0.4, -0.2) is 74.4 Å². The number of nitrogens with one attached hydrogen (secondary N) is 2. The van der Waals surface area contributed by atoms with Gasteiger partial charge in [0.05, 0.1) is 11.7 Å². The lowest BCUT2D eigenvalue weighted by Gasteiger charge is -2.38. The predicted molar refractivity (Wildman–Crippen MR) is 132 cm³/mol. The molecule has 3 aliphatic rings. The van der Waals surface area contributed by atoms with Gasteiger partial charge in [-0.25, -0.2) is 4.98 Å². The van der Waals surface area contributed by atoms with Crippen molar-refractivity contribution < 1.29 is 38.3 Å². The normalized spacial score (nSPS) is 32.8. The zero-order valence-corrected chi connectivity index (χ0v) is 21.1. The average molecular weight is 538 g/mol. The Kier molecular flexibility index (Phi) is 7.56. The summed E-state index contributed by atoms with van der Waals surface area (Å²) in [7, 11) is 0. The van der Waals surface area contributed by atoms with Crippen LogP contribution in [0.25, 0.3) is 0 Å². The van der Waals surface area contributed by atoms with Gasteiger partial charge >= 0.3 is 6.61 Å². The second-order valence-corrected chi connectivity index (χ2v) is 10.3. The SMILES string of the molecule is C[C@H]1O[C@@H](N2c3ncnc(OCc4ccc(OC(F)F)cc4)c3NC2N[C@H]2CC[C@](C)(O)CC2)[C@H](O)[C@@H]1O. The summed E-state index contributed by atoms with van der Waals surface area (Å²) in [6, 6.07) is 6.18. The monoisotopic (exact) mass is 537 g/mol. The second kappa shape index (κ2) is 10.7. The standard InChI is InChI=1S/C25H33F2N5O6/c1-13-18(33)19(34)22(37-13)32-20-17(31-24(32)30-15-7-9-25(2,35)10-8-15)21(29-12-28-20)36-11-14-3-5-16(6-4-14)38-23(26)27/h3-6,12-13,15,18-19,22-24,30-31,33-35H,7-11H2,1-2H3/t13-,15-,18-,19-,22-,24?,25-/m1/s1. The maximum absolute atomic E-state index is 12.4. The molecule has 5 atom stereocenters. The van der Waals surface area contributed by atoms with E-state index in [1.54, 1.807) is 24.0 Å². The summed E-state index contributed by atoms with van der Waals surface area (Å²) < 4.78 is 41.1. The minimum Gasteiger partial charge on any atom is -0.471 e. The molecule has 13 heteroatoms. The van der Waals surface area contributed by atoms with Gasteiger partial charge in [0.1, 0.15) is 36.6 Å². The number of benzene rings is 1. The maximum Gasteiger partial charge on any atom is 0.387 e. The van der Waals surface area contributed by atoms with Crippen LogP contribution in [0, 0.1) is 0 Å². The summed E-state index contributed by atoms with van der Waals surface area (Å²) in [5.74, 6) is 0.736. The van der Waals surface area contributed by atoms with Gasteiger partial charge in [0, 0.05) is 6.04 Å². The summed E-state index contributed by atoms with van der Waals surface area (Å²) in [6.07, 6.45) is -0.126. The van der Waals surface area contributed by atoms with E-state index < -0.39 is 43.0 Å². The molecule has 2 fully saturated rings. The van der Waals surface area contributed by atoms with Crippen molar-refractivity contribution in [1.82, 2.24) is 15.3 Å². The third-order valence-corrected chi connectivity index (χ3v) is 7.33. The van der Waals surface area contributed by atoms with Gasteiger partial charge in [-0.05, 0) is 57.2 Å². The first-order valence-electron chi connectivity index (χ1n) is 12.7. The number of fused-ring (bicyclic) bond motifs is 1. The van der Waals surface area contributed by atoms with Crippen molar-refractivity contribution in [3.8, 4) is 11.6 Å². The average Bonchev–Trinajstić information content (AvgIpc) is 3.36. The molecule has 11 nitrogen and oxygen atoms in total. The van der Waals surface area contributed by atoms with Gasteiger partial charge in [-0.3, -0.25) is 10.2 Å². The van der Waals surface area contributed by atoms with Crippen LogP contribution in [0.5, 0.6) is 11.6 Å². The molecule has 0 amide bonds. The van der Waals surface area contributed by atoms with Crippen LogP contribution in [0.2, 0.25) is 0 Å². The molecule has 1 aromatic carbocycles. The van der Waals surface area contributed by atoms with Crippen molar-refractivity contribution in [3.05, 3.63) is 36.2 Å². The quantitative estimate of drug-likeness (QED) is 0.337. The minimum atomic E-state index is -2.90. The fourth-order valence-electron chi connectivity index (χ4n) is 5.12. The molecule has 1 aliphatic carbocycles. The number of aliphatic hydroxyl groups excluding tert-OH is 2. The summed E-state index contributed by atoms with van der Waals surface area (Å²) in [5.41, 5.74) is 0.504. The topological polar surface area (TPSA) is 141 Å². The number of ether oxygens (including phenoxy) is 3. The van der Waals surface area contributed by atoms with Crippen molar-refractivity contribution in [3.63, 3.8) is 0 Å². The first-order valence-corrected chi connectivity index (χ1v) is 12.7. The van der Waals surface area contributed by atoms with Crippen LogP contribution in [0.3, 0.4) is 0 Å². The van der Waals surface area contributed by atoms with E-state index in [2.05, 4.69) is 25.3 Å². The lowest BCUT2D eigenvalue weighted by Crippen LogP contribution is -2.58.